The minimum atomic E-state index is 0.272. The van der Waals surface area contributed by atoms with E-state index in [0.717, 1.165) is 60.7 Å². The first kappa shape index (κ1) is 19.9. The van der Waals surface area contributed by atoms with Gasteiger partial charge in [-0.25, -0.2) is 0 Å². The van der Waals surface area contributed by atoms with Crippen molar-refractivity contribution in [3.63, 3.8) is 0 Å². The molecule has 0 spiro atoms. The maximum absolute atomic E-state index is 10.4. The molecule has 0 radical (unpaired) electrons. The van der Waals surface area contributed by atoms with Crippen LogP contribution in [0.25, 0.3) is 11.1 Å². The van der Waals surface area contributed by atoms with Gasteiger partial charge in [0, 0.05) is 24.7 Å². The molecule has 5 rings (SSSR count). The fraction of sp³-hybridized carbons (Fsp3) is 0.308. The number of benzene rings is 3. The highest BCUT2D eigenvalue weighted by Gasteiger charge is 2.19. The van der Waals surface area contributed by atoms with Crippen molar-refractivity contribution in [2.24, 2.45) is 0 Å². The van der Waals surface area contributed by atoms with Gasteiger partial charge in [-0.2, -0.15) is 0 Å². The van der Waals surface area contributed by atoms with Crippen molar-refractivity contribution in [3.8, 4) is 28.4 Å². The molecular formula is C26H28N2O3. The van der Waals surface area contributed by atoms with E-state index < -0.39 is 0 Å². The van der Waals surface area contributed by atoms with Gasteiger partial charge in [0.05, 0.1) is 0 Å². The van der Waals surface area contributed by atoms with Crippen LogP contribution in [-0.4, -0.2) is 35.9 Å². The van der Waals surface area contributed by atoms with Crippen LogP contribution in [-0.2, 0) is 13.1 Å². The Balaban J connectivity index is 1.18. The monoisotopic (exact) mass is 416 g/mol. The summed E-state index contributed by atoms with van der Waals surface area (Å²) in [5.41, 5.74) is 4.41. The molecule has 0 aliphatic carbocycles. The molecule has 1 fully saturated rings. The highest BCUT2D eigenvalue weighted by atomic mass is 16.7. The molecule has 2 heterocycles. The first-order valence-electron chi connectivity index (χ1n) is 11.0. The van der Waals surface area contributed by atoms with Crippen LogP contribution in [0, 0.1) is 0 Å². The molecule has 160 valence electrons. The molecule has 2 aliphatic rings. The van der Waals surface area contributed by atoms with Crippen molar-refractivity contribution in [1.82, 2.24) is 10.2 Å². The van der Waals surface area contributed by atoms with Crippen LogP contribution in [0.3, 0.4) is 0 Å². The fourth-order valence-corrected chi connectivity index (χ4v) is 4.37. The minimum Gasteiger partial charge on any atom is -0.508 e. The van der Waals surface area contributed by atoms with Gasteiger partial charge in [-0.3, -0.25) is 4.90 Å². The molecule has 31 heavy (non-hydrogen) atoms. The van der Waals surface area contributed by atoms with E-state index in [1.165, 1.54) is 5.56 Å². The summed E-state index contributed by atoms with van der Waals surface area (Å²) in [7, 11) is 0. The molecule has 2 N–H and O–H groups in total. The van der Waals surface area contributed by atoms with Crippen molar-refractivity contribution < 1.29 is 14.6 Å². The third-order valence-electron chi connectivity index (χ3n) is 6.20. The topological polar surface area (TPSA) is 54.0 Å². The average Bonchev–Trinajstić information content (AvgIpc) is 3.28. The van der Waals surface area contributed by atoms with E-state index in [2.05, 4.69) is 46.6 Å². The van der Waals surface area contributed by atoms with Crippen molar-refractivity contribution in [3.05, 3.63) is 77.9 Å². The maximum atomic E-state index is 10.4. The molecule has 0 amide bonds. The number of ether oxygens (including phenoxy) is 2. The van der Waals surface area contributed by atoms with E-state index in [4.69, 9.17) is 9.47 Å². The Morgan fingerprint density at radius 3 is 2.45 bits per heavy atom. The largest absolute Gasteiger partial charge is 0.508 e. The first-order valence-corrected chi connectivity index (χ1v) is 11.0. The number of fused-ring (bicyclic) bond motifs is 1. The lowest BCUT2D eigenvalue weighted by molar-refractivity contribution is 0.174. The molecule has 2 aliphatic heterocycles. The molecule has 5 nitrogen and oxygen atoms in total. The van der Waals surface area contributed by atoms with Gasteiger partial charge >= 0.3 is 0 Å². The molecule has 0 unspecified atom stereocenters. The standard InChI is InChI=1S/C26H28N2O3/c29-24-8-6-20(21-7-9-25-26(15-21)31-18-30-25)14-22(24)16-27-23-10-12-28(13-11-23)17-19-4-2-1-3-5-19/h1-9,14-15,23,27,29H,10-13,16-18H2. The zero-order chi connectivity index (χ0) is 21.0. The summed E-state index contributed by atoms with van der Waals surface area (Å²) in [6.45, 7) is 4.14. The summed E-state index contributed by atoms with van der Waals surface area (Å²) < 4.78 is 10.9. The van der Waals surface area contributed by atoms with Crippen LogP contribution in [0.15, 0.2) is 66.7 Å². The zero-order valence-electron chi connectivity index (χ0n) is 17.6. The van der Waals surface area contributed by atoms with E-state index in [0.29, 0.717) is 18.3 Å². The molecule has 0 saturated carbocycles. The van der Waals surface area contributed by atoms with Gasteiger partial charge in [0.25, 0.3) is 0 Å². The second kappa shape index (κ2) is 9.00. The summed E-state index contributed by atoms with van der Waals surface area (Å²) >= 11 is 0. The zero-order valence-corrected chi connectivity index (χ0v) is 17.6. The number of nitrogens with one attached hydrogen (secondary N) is 1. The highest BCUT2D eigenvalue weighted by molar-refractivity contribution is 5.69. The summed E-state index contributed by atoms with van der Waals surface area (Å²) in [5.74, 6) is 1.88. The molecule has 5 heteroatoms. The summed E-state index contributed by atoms with van der Waals surface area (Å²) in [5, 5.41) is 14.0. The Kier molecular flexibility index (Phi) is 5.78. The van der Waals surface area contributed by atoms with Crippen LogP contribution in [0.2, 0.25) is 0 Å². The smallest absolute Gasteiger partial charge is 0.231 e. The minimum absolute atomic E-state index is 0.272. The van der Waals surface area contributed by atoms with Gasteiger partial charge in [0.15, 0.2) is 11.5 Å². The number of hydrogen-bond donors (Lipinski definition) is 2. The maximum Gasteiger partial charge on any atom is 0.231 e. The molecule has 3 aromatic rings. The second-order valence-corrected chi connectivity index (χ2v) is 8.33. The SMILES string of the molecule is Oc1ccc(-c2ccc3c(c2)OCO3)cc1CNC1CCN(Cc2ccccc2)CC1. The number of hydrogen-bond acceptors (Lipinski definition) is 5. The lowest BCUT2D eigenvalue weighted by Crippen LogP contribution is -2.41. The number of rotatable bonds is 6. The number of nitrogens with zero attached hydrogens (tertiary/aromatic N) is 1. The Morgan fingerprint density at radius 1 is 0.871 bits per heavy atom. The van der Waals surface area contributed by atoms with Crippen LogP contribution in [0.5, 0.6) is 17.2 Å². The number of phenols is 1. The van der Waals surface area contributed by atoms with E-state index in [9.17, 15) is 5.11 Å². The predicted molar refractivity (Wildman–Crippen MR) is 121 cm³/mol. The number of likely N-dealkylation sites (tertiary alicyclic amines) is 1. The third-order valence-corrected chi connectivity index (χ3v) is 6.20. The normalized spacial score (nSPS) is 16.5. The van der Waals surface area contributed by atoms with Crippen molar-refractivity contribution in [2.45, 2.75) is 32.0 Å². The Bertz CT molecular complexity index is 1030. The molecule has 3 aromatic carbocycles. The van der Waals surface area contributed by atoms with Gasteiger partial charge in [-0.15, -0.1) is 0 Å². The summed E-state index contributed by atoms with van der Waals surface area (Å²) in [4.78, 5) is 2.52. The van der Waals surface area contributed by atoms with E-state index in [-0.39, 0.29) is 6.79 Å². The van der Waals surface area contributed by atoms with Crippen molar-refractivity contribution >= 4 is 0 Å². The van der Waals surface area contributed by atoms with Crippen LogP contribution in [0.4, 0.5) is 0 Å². The molecular weight excluding hydrogens is 388 g/mol. The lowest BCUT2D eigenvalue weighted by Gasteiger charge is -2.32. The van der Waals surface area contributed by atoms with Gasteiger partial charge in [-0.1, -0.05) is 42.5 Å². The highest BCUT2D eigenvalue weighted by Crippen LogP contribution is 2.36. The Labute approximate surface area is 183 Å². The Hall–Kier alpha value is -3.02. The lowest BCUT2D eigenvalue weighted by atomic mass is 10.0. The van der Waals surface area contributed by atoms with Gasteiger partial charge < -0.3 is 19.9 Å². The second-order valence-electron chi connectivity index (χ2n) is 8.33. The number of phenolic OH excluding ortho intramolecular Hbond substituents is 1. The van der Waals surface area contributed by atoms with E-state index in [1.54, 1.807) is 6.07 Å². The molecule has 0 bridgehead atoms. The van der Waals surface area contributed by atoms with Crippen molar-refractivity contribution in [1.29, 1.82) is 0 Å². The molecule has 1 saturated heterocycles. The molecule has 0 atom stereocenters. The summed E-state index contributed by atoms with van der Waals surface area (Å²) in [6, 6.07) is 22.9. The quantitative estimate of drug-likeness (QED) is 0.618. The summed E-state index contributed by atoms with van der Waals surface area (Å²) in [6.07, 6.45) is 2.24. The van der Waals surface area contributed by atoms with Gasteiger partial charge in [0.2, 0.25) is 6.79 Å². The number of piperidine rings is 1. The first-order chi connectivity index (χ1) is 15.2. The van der Waals surface area contributed by atoms with Crippen LogP contribution < -0.4 is 14.8 Å². The van der Waals surface area contributed by atoms with Crippen LogP contribution >= 0.6 is 0 Å². The van der Waals surface area contributed by atoms with Crippen LogP contribution in [0.1, 0.15) is 24.0 Å². The predicted octanol–water partition coefficient (Wildman–Crippen LogP) is 4.54. The van der Waals surface area contributed by atoms with E-state index in [1.807, 2.05) is 24.3 Å². The van der Waals surface area contributed by atoms with Gasteiger partial charge in [0.1, 0.15) is 5.75 Å². The van der Waals surface area contributed by atoms with Gasteiger partial charge in [-0.05, 0) is 66.9 Å². The molecule has 0 aromatic heterocycles. The van der Waals surface area contributed by atoms with Crippen molar-refractivity contribution in [2.75, 3.05) is 19.9 Å². The third kappa shape index (κ3) is 4.68. The Morgan fingerprint density at radius 2 is 1.61 bits per heavy atom. The number of aromatic hydroxyl groups is 1. The fourth-order valence-electron chi connectivity index (χ4n) is 4.37. The van der Waals surface area contributed by atoms with E-state index >= 15 is 0 Å². The average molecular weight is 417 g/mol.